The van der Waals surface area contributed by atoms with Crippen LogP contribution in [0.25, 0.3) is 11.3 Å². The van der Waals surface area contributed by atoms with Crippen LogP contribution in [-0.4, -0.2) is 67.4 Å². The van der Waals surface area contributed by atoms with Gasteiger partial charge in [0.2, 0.25) is 0 Å². The van der Waals surface area contributed by atoms with Crippen LogP contribution in [0.3, 0.4) is 0 Å². The molecule has 0 saturated carbocycles. The first-order valence-electron chi connectivity index (χ1n) is 14.3. The Morgan fingerprint density at radius 2 is 1.50 bits per heavy atom. The van der Waals surface area contributed by atoms with E-state index in [0.717, 1.165) is 23.9 Å². The zero-order valence-corrected chi connectivity index (χ0v) is 26.9. The number of benzene rings is 3. The number of carbonyl (C=O) groups excluding carboxylic acids is 2. The van der Waals surface area contributed by atoms with E-state index in [1.807, 2.05) is 0 Å². The largest absolute Gasteiger partial charge is 0.453 e. The lowest BCUT2D eigenvalue weighted by atomic mass is 9.96. The molecule has 10 nitrogen and oxygen atoms in total. The predicted molar refractivity (Wildman–Crippen MR) is 169 cm³/mol. The molecular weight excluding hydrogens is 717 g/mol. The molecule has 0 amide bonds. The van der Waals surface area contributed by atoms with E-state index in [-0.39, 0.29) is 22.4 Å². The van der Waals surface area contributed by atoms with Gasteiger partial charge in [-0.2, -0.15) is 0 Å². The van der Waals surface area contributed by atoms with Crippen LogP contribution in [0.5, 0.6) is 0 Å². The molecule has 2 unspecified atom stereocenters. The van der Waals surface area contributed by atoms with Gasteiger partial charge in [0, 0.05) is 27.3 Å². The minimum absolute atomic E-state index is 0.0681. The summed E-state index contributed by atoms with van der Waals surface area (Å²) < 4.78 is 62.3. The van der Waals surface area contributed by atoms with Gasteiger partial charge < -0.3 is 19.3 Å². The van der Waals surface area contributed by atoms with Crippen LogP contribution in [0.1, 0.15) is 26.8 Å². The third-order valence-electron chi connectivity index (χ3n) is 7.33. The number of hydrogen-bond donors (Lipinski definition) is 1. The molecule has 1 aliphatic rings. The van der Waals surface area contributed by atoms with Crippen molar-refractivity contribution >= 4 is 39.6 Å². The molecule has 15 heteroatoms. The molecule has 0 radical (unpaired) electrons. The van der Waals surface area contributed by atoms with Crippen LogP contribution in [-0.2, 0) is 14.2 Å². The number of aromatic nitrogens is 4. The fourth-order valence-corrected chi connectivity index (χ4v) is 6.74. The summed E-state index contributed by atoms with van der Waals surface area (Å²) in [4.78, 5) is 31.7. The smallest absolute Gasteiger partial charge is 0.338 e. The number of halogens is 4. The van der Waals surface area contributed by atoms with E-state index >= 15 is 0 Å². The number of hydrogen-bond acceptors (Lipinski definition) is 10. The maximum Gasteiger partial charge on any atom is 0.338 e. The second kappa shape index (κ2) is 14.7. The molecule has 0 spiro atoms. The van der Waals surface area contributed by atoms with Crippen molar-refractivity contribution in [1.82, 2.24) is 20.0 Å². The van der Waals surface area contributed by atoms with Crippen LogP contribution < -0.4 is 0 Å². The normalized spacial score (nSPS) is 20.6. The second-order valence-electron chi connectivity index (χ2n) is 10.5. The number of pyridine rings is 1. The zero-order valence-electron chi connectivity index (χ0n) is 24.5. The molecule has 1 N–H and O–H groups in total. The predicted octanol–water partition coefficient (Wildman–Crippen LogP) is 6.02. The van der Waals surface area contributed by atoms with Gasteiger partial charge in [0.25, 0.3) is 0 Å². The third-order valence-corrected chi connectivity index (χ3v) is 8.87. The first kappa shape index (κ1) is 33.3. The van der Waals surface area contributed by atoms with Crippen molar-refractivity contribution in [3.8, 4) is 11.3 Å². The molecule has 3 aromatic carbocycles. The molecule has 0 bridgehead atoms. The van der Waals surface area contributed by atoms with E-state index < -0.39 is 65.8 Å². The van der Waals surface area contributed by atoms with Gasteiger partial charge in [0.15, 0.2) is 29.7 Å². The number of ether oxygens (including phenoxy) is 3. The lowest BCUT2D eigenvalue weighted by molar-refractivity contribution is -0.181. The summed E-state index contributed by atoms with van der Waals surface area (Å²) in [6.07, 6.45) is 0.616. The van der Waals surface area contributed by atoms with Crippen LogP contribution in [0, 0.1) is 17.5 Å². The fourth-order valence-electron chi connectivity index (χ4n) is 5.09. The highest BCUT2D eigenvalue weighted by Crippen LogP contribution is 2.42. The van der Waals surface area contributed by atoms with Gasteiger partial charge in [-0.15, -0.1) is 5.10 Å². The van der Waals surface area contributed by atoms with Gasteiger partial charge in [-0.3, -0.25) is 4.98 Å². The van der Waals surface area contributed by atoms with Gasteiger partial charge in [-0.25, -0.2) is 27.4 Å². The monoisotopic (exact) mass is 740 g/mol. The summed E-state index contributed by atoms with van der Waals surface area (Å²) in [7, 11) is 0. The van der Waals surface area contributed by atoms with Crippen LogP contribution in [0.4, 0.5) is 13.2 Å². The van der Waals surface area contributed by atoms with E-state index in [1.54, 1.807) is 67.0 Å². The number of thioether (sulfide) groups is 1. The van der Waals surface area contributed by atoms with Crippen molar-refractivity contribution in [2.24, 2.45) is 0 Å². The molecule has 1 fully saturated rings. The first-order chi connectivity index (χ1) is 23.2. The van der Waals surface area contributed by atoms with Gasteiger partial charge >= 0.3 is 11.9 Å². The molecule has 246 valence electrons. The van der Waals surface area contributed by atoms with Crippen molar-refractivity contribution < 1.29 is 42.1 Å². The summed E-state index contributed by atoms with van der Waals surface area (Å²) in [6, 6.07) is 18.3. The molecular formula is C33H24BrF3N4O6S. The highest BCUT2D eigenvalue weighted by atomic mass is 79.9. The Morgan fingerprint density at radius 1 is 0.896 bits per heavy atom. The topological polar surface area (TPSA) is 126 Å². The maximum absolute atomic E-state index is 14.2. The SMILES string of the molecule is O=C(OC1[C@@H](Sc2cncc(Br)c2)OC(CO)[C@H](OC(=O)c2ccccc2)[C@@H]1n1cc(-c2cc(F)c(F)c(F)c2)nn1)c1ccccc1. The Hall–Kier alpha value is -4.57. The van der Waals surface area contributed by atoms with Crippen molar-refractivity contribution in [3.63, 3.8) is 0 Å². The molecule has 6 rings (SSSR count). The zero-order chi connectivity index (χ0) is 33.8. The molecule has 5 aromatic rings. The van der Waals surface area contributed by atoms with Crippen LogP contribution in [0.15, 0.2) is 107 Å². The average molecular weight is 742 g/mol. The molecule has 3 heterocycles. The Labute approximate surface area is 284 Å². The van der Waals surface area contributed by atoms with E-state index in [4.69, 9.17) is 14.2 Å². The van der Waals surface area contributed by atoms with Crippen molar-refractivity contribution in [3.05, 3.63) is 131 Å². The van der Waals surface area contributed by atoms with Crippen LogP contribution >= 0.6 is 27.7 Å². The standard InChI is InChI=1S/C33H24BrF3N4O6S/c34-21-13-22(15-38-14-21)48-33-30(47-32(44)19-9-5-2-6-10-19)28(29(26(17-42)45-33)46-31(43)18-7-3-1-4-8-18)41-16-25(39-40-41)20-11-23(35)27(37)24(36)12-20/h1-16,26,28-30,33,42H,17H2/t26?,28-,29-,30?,33+/m0/s1. The van der Waals surface area contributed by atoms with Gasteiger partial charge in [0.05, 0.1) is 23.9 Å². The molecule has 1 saturated heterocycles. The minimum atomic E-state index is -1.65. The first-order valence-corrected chi connectivity index (χ1v) is 16.0. The number of aliphatic hydroxyl groups is 1. The number of carbonyl (C=O) groups is 2. The lowest BCUT2D eigenvalue weighted by Crippen LogP contribution is -2.57. The summed E-state index contributed by atoms with van der Waals surface area (Å²) in [5.41, 5.74) is -0.843. The van der Waals surface area contributed by atoms with E-state index in [0.29, 0.717) is 9.37 Å². The van der Waals surface area contributed by atoms with E-state index in [1.165, 1.54) is 23.0 Å². The van der Waals surface area contributed by atoms with Crippen molar-refractivity contribution in [2.75, 3.05) is 6.61 Å². The summed E-state index contributed by atoms with van der Waals surface area (Å²) in [6.45, 7) is -0.633. The Balaban J connectivity index is 1.46. The maximum atomic E-state index is 14.2. The number of esters is 2. The fraction of sp³-hybridized carbons (Fsp3) is 0.182. The highest BCUT2D eigenvalue weighted by molar-refractivity contribution is 9.10. The van der Waals surface area contributed by atoms with E-state index in [2.05, 4.69) is 31.2 Å². The van der Waals surface area contributed by atoms with Gasteiger partial charge in [-0.05, 0) is 58.4 Å². The molecule has 2 aromatic heterocycles. The summed E-state index contributed by atoms with van der Waals surface area (Å²) >= 11 is 4.51. The quantitative estimate of drug-likeness (QED) is 0.142. The minimum Gasteiger partial charge on any atom is -0.453 e. The molecule has 1 aliphatic heterocycles. The average Bonchev–Trinajstić information content (AvgIpc) is 3.58. The summed E-state index contributed by atoms with van der Waals surface area (Å²) in [5.74, 6) is -6.04. The second-order valence-corrected chi connectivity index (χ2v) is 12.6. The van der Waals surface area contributed by atoms with Crippen molar-refractivity contribution in [1.29, 1.82) is 0 Å². The highest BCUT2D eigenvalue weighted by Gasteiger charge is 2.52. The number of rotatable bonds is 9. The van der Waals surface area contributed by atoms with Crippen LogP contribution in [0.2, 0.25) is 0 Å². The van der Waals surface area contributed by atoms with Crippen molar-refractivity contribution in [2.45, 2.75) is 34.7 Å². The van der Waals surface area contributed by atoms with E-state index in [9.17, 15) is 27.9 Å². The number of aliphatic hydroxyl groups excluding tert-OH is 1. The Morgan fingerprint density at radius 3 is 2.08 bits per heavy atom. The summed E-state index contributed by atoms with van der Waals surface area (Å²) in [5, 5.41) is 18.7. The van der Waals surface area contributed by atoms with Gasteiger partial charge in [-0.1, -0.05) is 53.4 Å². The van der Waals surface area contributed by atoms with Gasteiger partial charge in [0.1, 0.15) is 23.3 Å². The third kappa shape index (κ3) is 7.28. The Bertz CT molecular complexity index is 1900. The Kier molecular flexibility index (Phi) is 10.2. The molecule has 5 atom stereocenters. The molecule has 0 aliphatic carbocycles. The number of nitrogens with zero attached hydrogens (tertiary/aromatic N) is 4. The molecule has 48 heavy (non-hydrogen) atoms. The lowest BCUT2D eigenvalue weighted by Gasteiger charge is -2.44.